The molecule has 1 fully saturated rings. The van der Waals surface area contributed by atoms with Crippen molar-refractivity contribution in [2.24, 2.45) is 5.73 Å². The first-order valence-corrected chi connectivity index (χ1v) is 7.17. The van der Waals surface area contributed by atoms with Crippen LogP contribution in [0.3, 0.4) is 0 Å². The molecule has 6 nitrogen and oxygen atoms in total. The van der Waals surface area contributed by atoms with Gasteiger partial charge in [0, 0.05) is 26.7 Å². The average molecular weight is 292 g/mol. The summed E-state index contributed by atoms with van der Waals surface area (Å²) in [6.07, 6.45) is -0.282. The Morgan fingerprint density at radius 1 is 1.48 bits per heavy atom. The Labute approximate surface area is 125 Å². The van der Waals surface area contributed by atoms with E-state index < -0.39 is 5.60 Å². The molecule has 2 heterocycles. The fourth-order valence-electron chi connectivity index (χ4n) is 2.13. The largest absolute Gasteiger partial charge is 0.444 e. The van der Waals surface area contributed by atoms with Crippen LogP contribution in [0.5, 0.6) is 0 Å². The third-order valence-corrected chi connectivity index (χ3v) is 3.42. The highest BCUT2D eigenvalue weighted by Gasteiger charge is 2.35. The lowest BCUT2D eigenvalue weighted by molar-refractivity contribution is 0.0196. The van der Waals surface area contributed by atoms with Crippen LogP contribution in [0.1, 0.15) is 26.5 Å². The van der Waals surface area contributed by atoms with Crippen LogP contribution >= 0.6 is 0 Å². The minimum atomic E-state index is -0.466. The summed E-state index contributed by atoms with van der Waals surface area (Å²) >= 11 is 0. The summed E-state index contributed by atoms with van der Waals surface area (Å²) in [5.41, 5.74) is 6.01. The second-order valence-corrected chi connectivity index (χ2v) is 6.34. The first-order valence-electron chi connectivity index (χ1n) is 7.17. The maximum absolute atomic E-state index is 12.0. The number of likely N-dealkylation sites (N-methyl/N-ethyl adjacent to an activating group) is 1. The first kappa shape index (κ1) is 15.6. The van der Waals surface area contributed by atoms with E-state index in [0.29, 0.717) is 6.54 Å². The number of nitrogens with zero attached hydrogens (tertiary/aromatic N) is 3. The number of amides is 1. The number of ether oxygens (including phenoxy) is 1. The van der Waals surface area contributed by atoms with Crippen molar-refractivity contribution < 1.29 is 9.53 Å². The SMILES string of the molecule is CN(C(=O)OC(C)(C)C)C1CN(c2cccc(CN)n2)C1. The highest BCUT2D eigenvalue weighted by Crippen LogP contribution is 2.22. The fraction of sp³-hybridized carbons (Fsp3) is 0.600. The van der Waals surface area contributed by atoms with Gasteiger partial charge in [-0.1, -0.05) is 6.07 Å². The van der Waals surface area contributed by atoms with E-state index in [1.165, 1.54) is 0 Å². The molecule has 0 atom stereocenters. The quantitative estimate of drug-likeness (QED) is 0.916. The first-order chi connectivity index (χ1) is 9.80. The number of anilines is 1. The molecular formula is C15H24N4O2. The molecule has 1 saturated heterocycles. The smallest absolute Gasteiger partial charge is 0.410 e. The second-order valence-electron chi connectivity index (χ2n) is 6.34. The summed E-state index contributed by atoms with van der Waals surface area (Å²) in [5, 5.41) is 0. The van der Waals surface area contributed by atoms with Crippen molar-refractivity contribution in [2.75, 3.05) is 25.0 Å². The summed E-state index contributed by atoms with van der Waals surface area (Å²) in [5.74, 6) is 0.909. The van der Waals surface area contributed by atoms with E-state index in [-0.39, 0.29) is 12.1 Å². The van der Waals surface area contributed by atoms with Gasteiger partial charge < -0.3 is 20.3 Å². The van der Waals surface area contributed by atoms with E-state index in [0.717, 1.165) is 24.6 Å². The molecule has 0 unspecified atom stereocenters. The van der Waals surface area contributed by atoms with Gasteiger partial charge in [-0.15, -0.1) is 0 Å². The number of hydrogen-bond acceptors (Lipinski definition) is 5. The number of nitrogens with two attached hydrogens (primary N) is 1. The Morgan fingerprint density at radius 2 is 2.14 bits per heavy atom. The lowest BCUT2D eigenvalue weighted by Gasteiger charge is -2.44. The molecule has 1 aliphatic rings. The van der Waals surface area contributed by atoms with E-state index in [4.69, 9.17) is 10.5 Å². The summed E-state index contributed by atoms with van der Waals surface area (Å²) in [6, 6.07) is 5.98. The lowest BCUT2D eigenvalue weighted by Crippen LogP contribution is -2.60. The molecule has 0 bridgehead atoms. The summed E-state index contributed by atoms with van der Waals surface area (Å²) in [6.45, 7) is 7.56. The van der Waals surface area contributed by atoms with Crippen molar-refractivity contribution in [3.05, 3.63) is 23.9 Å². The highest BCUT2D eigenvalue weighted by molar-refractivity contribution is 5.69. The highest BCUT2D eigenvalue weighted by atomic mass is 16.6. The van der Waals surface area contributed by atoms with Crippen LogP contribution in [0, 0.1) is 0 Å². The van der Waals surface area contributed by atoms with E-state index in [2.05, 4.69) is 9.88 Å². The molecule has 6 heteroatoms. The van der Waals surface area contributed by atoms with E-state index in [1.807, 2.05) is 39.0 Å². The van der Waals surface area contributed by atoms with Gasteiger partial charge in [-0.05, 0) is 32.9 Å². The van der Waals surface area contributed by atoms with Crippen LogP contribution in [0.4, 0.5) is 10.6 Å². The normalized spacial score (nSPS) is 15.6. The molecule has 0 radical (unpaired) electrons. The molecule has 0 spiro atoms. The van der Waals surface area contributed by atoms with Crippen LogP contribution in [0.2, 0.25) is 0 Å². The van der Waals surface area contributed by atoms with Crippen molar-refractivity contribution in [3.8, 4) is 0 Å². The molecule has 21 heavy (non-hydrogen) atoms. The number of carbonyl (C=O) groups excluding carboxylic acids is 1. The van der Waals surface area contributed by atoms with Gasteiger partial charge in [0.05, 0.1) is 11.7 Å². The Bertz CT molecular complexity index is 507. The molecule has 1 amide bonds. The van der Waals surface area contributed by atoms with Gasteiger partial charge in [-0.2, -0.15) is 0 Å². The standard InChI is InChI=1S/C15H24N4O2/c1-15(2,3)21-14(20)18(4)12-9-19(10-12)13-7-5-6-11(8-16)17-13/h5-7,12H,8-10,16H2,1-4H3. The van der Waals surface area contributed by atoms with Crippen LogP contribution in [0.15, 0.2) is 18.2 Å². The zero-order chi connectivity index (χ0) is 15.6. The van der Waals surface area contributed by atoms with E-state index in [1.54, 1.807) is 11.9 Å². The topological polar surface area (TPSA) is 71.7 Å². The van der Waals surface area contributed by atoms with Gasteiger partial charge in [-0.25, -0.2) is 9.78 Å². The molecule has 0 saturated carbocycles. The minimum absolute atomic E-state index is 0.156. The molecule has 1 aromatic heterocycles. The molecule has 1 aliphatic heterocycles. The van der Waals surface area contributed by atoms with Gasteiger partial charge >= 0.3 is 6.09 Å². The van der Waals surface area contributed by atoms with Crippen LogP contribution in [-0.4, -0.2) is 47.8 Å². The number of pyridine rings is 1. The second kappa shape index (κ2) is 5.89. The van der Waals surface area contributed by atoms with Crippen LogP contribution in [-0.2, 0) is 11.3 Å². The van der Waals surface area contributed by atoms with Gasteiger partial charge in [-0.3, -0.25) is 0 Å². The van der Waals surface area contributed by atoms with Crippen molar-refractivity contribution in [1.29, 1.82) is 0 Å². The zero-order valence-electron chi connectivity index (χ0n) is 13.2. The lowest BCUT2D eigenvalue weighted by atomic mass is 10.1. The Kier molecular flexibility index (Phi) is 4.37. The van der Waals surface area contributed by atoms with Gasteiger partial charge in [0.2, 0.25) is 0 Å². The molecule has 0 aliphatic carbocycles. The third-order valence-electron chi connectivity index (χ3n) is 3.42. The van der Waals surface area contributed by atoms with Gasteiger partial charge in [0.1, 0.15) is 11.4 Å². The molecule has 1 aromatic rings. The molecule has 2 N–H and O–H groups in total. The Morgan fingerprint density at radius 3 is 2.71 bits per heavy atom. The third kappa shape index (κ3) is 3.85. The number of rotatable bonds is 3. The van der Waals surface area contributed by atoms with Crippen molar-refractivity contribution >= 4 is 11.9 Å². The zero-order valence-corrected chi connectivity index (χ0v) is 13.2. The Balaban J connectivity index is 1.89. The predicted molar refractivity (Wildman–Crippen MR) is 82.1 cm³/mol. The monoisotopic (exact) mass is 292 g/mol. The van der Waals surface area contributed by atoms with E-state index >= 15 is 0 Å². The maximum Gasteiger partial charge on any atom is 0.410 e. The van der Waals surface area contributed by atoms with Crippen molar-refractivity contribution in [3.63, 3.8) is 0 Å². The van der Waals surface area contributed by atoms with Crippen molar-refractivity contribution in [1.82, 2.24) is 9.88 Å². The predicted octanol–water partition coefficient (Wildman–Crippen LogP) is 1.60. The number of aromatic nitrogens is 1. The minimum Gasteiger partial charge on any atom is -0.444 e. The van der Waals surface area contributed by atoms with Crippen molar-refractivity contribution in [2.45, 2.75) is 39.0 Å². The Hall–Kier alpha value is -1.82. The average Bonchev–Trinajstić information content (AvgIpc) is 2.35. The van der Waals surface area contributed by atoms with Crippen LogP contribution in [0.25, 0.3) is 0 Å². The fourth-order valence-corrected chi connectivity index (χ4v) is 2.13. The summed E-state index contributed by atoms with van der Waals surface area (Å²) in [4.78, 5) is 20.3. The number of hydrogen-bond donors (Lipinski definition) is 1. The molecule has 2 rings (SSSR count). The van der Waals surface area contributed by atoms with Gasteiger partial charge in [0.15, 0.2) is 0 Å². The maximum atomic E-state index is 12.0. The summed E-state index contributed by atoms with van der Waals surface area (Å²) in [7, 11) is 1.78. The summed E-state index contributed by atoms with van der Waals surface area (Å²) < 4.78 is 5.37. The van der Waals surface area contributed by atoms with E-state index in [9.17, 15) is 4.79 Å². The molecule has 0 aromatic carbocycles. The van der Waals surface area contributed by atoms with Gasteiger partial charge in [0.25, 0.3) is 0 Å². The van der Waals surface area contributed by atoms with Crippen LogP contribution < -0.4 is 10.6 Å². The number of carbonyl (C=O) groups is 1. The molecule has 116 valence electrons. The molecular weight excluding hydrogens is 268 g/mol.